The molecule has 1 aromatic rings. The normalized spacial score (nSPS) is 17.1. The molecule has 2 amide bonds. The summed E-state index contributed by atoms with van der Waals surface area (Å²) in [6.07, 6.45) is 3.18. The number of carbonyl (C=O) groups excluding carboxylic acids is 2. The quantitative estimate of drug-likeness (QED) is 0.847. The van der Waals surface area contributed by atoms with Gasteiger partial charge in [-0.2, -0.15) is 11.3 Å². The molecule has 1 fully saturated rings. The number of nitrogens with one attached hydrogen (secondary N) is 1. The summed E-state index contributed by atoms with van der Waals surface area (Å²) in [5, 5.41) is 6.58. The molecule has 1 aromatic heterocycles. The van der Waals surface area contributed by atoms with Crippen molar-refractivity contribution in [1.29, 1.82) is 0 Å². The van der Waals surface area contributed by atoms with Crippen LogP contribution in [0.4, 0.5) is 0 Å². The molecule has 1 saturated heterocycles. The number of carbonyl (C=O) groups is 2. The van der Waals surface area contributed by atoms with Gasteiger partial charge in [0.2, 0.25) is 11.8 Å². The van der Waals surface area contributed by atoms with E-state index in [1.165, 1.54) is 6.08 Å². The number of thiophene rings is 1. The lowest BCUT2D eigenvalue weighted by molar-refractivity contribution is -0.138. The molecule has 1 aliphatic rings. The minimum atomic E-state index is -0.521. The van der Waals surface area contributed by atoms with Crippen LogP contribution in [0.3, 0.4) is 0 Å². The highest BCUT2D eigenvalue weighted by Crippen LogP contribution is 2.07. The average Bonchev–Trinajstić information content (AvgIpc) is 2.98. The van der Waals surface area contributed by atoms with E-state index in [0.717, 1.165) is 5.56 Å². The van der Waals surface area contributed by atoms with Gasteiger partial charge in [-0.05, 0) is 35.4 Å². The van der Waals surface area contributed by atoms with Crippen LogP contribution in [0.5, 0.6) is 0 Å². The third-order valence-electron chi connectivity index (χ3n) is 3.02. The van der Waals surface area contributed by atoms with Crippen LogP contribution in [0.2, 0.25) is 0 Å². The third kappa shape index (κ3) is 4.18. The molecular formula is C14H18N2O3S. The zero-order valence-electron chi connectivity index (χ0n) is 11.4. The van der Waals surface area contributed by atoms with Gasteiger partial charge < -0.3 is 15.0 Å². The Kier molecular flexibility index (Phi) is 5.31. The molecule has 0 spiro atoms. The van der Waals surface area contributed by atoms with Crippen molar-refractivity contribution in [3.8, 4) is 0 Å². The summed E-state index contributed by atoms with van der Waals surface area (Å²) in [6, 6.07) is 1.41. The van der Waals surface area contributed by atoms with Gasteiger partial charge in [0.25, 0.3) is 0 Å². The van der Waals surface area contributed by atoms with Gasteiger partial charge in [0.15, 0.2) is 0 Å². The maximum Gasteiger partial charge on any atom is 0.245 e. The Morgan fingerprint density at radius 2 is 2.20 bits per heavy atom. The fourth-order valence-corrected chi connectivity index (χ4v) is 2.55. The number of hydrogen-bond donors (Lipinski definition) is 1. The Hall–Kier alpha value is -1.66. The summed E-state index contributed by atoms with van der Waals surface area (Å²) in [5.41, 5.74) is 0.984. The molecule has 2 heterocycles. The van der Waals surface area contributed by atoms with Crippen LogP contribution >= 0.6 is 11.3 Å². The van der Waals surface area contributed by atoms with Gasteiger partial charge in [-0.25, -0.2) is 0 Å². The Bertz CT molecular complexity index is 479. The van der Waals surface area contributed by atoms with Crippen LogP contribution in [-0.2, 0) is 14.3 Å². The smallest absolute Gasteiger partial charge is 0.245 e. The second kappa shape index (κ2) is 7.21. The standard InChI is InChI=1S/C14H18N2O3S/c1-11(14(18)16-5-7-19-8-6-16)15-13(17)3-2-12-4-9-20-10-12/h2-4,9-11H,5-8H2,1H3,(H,15,17)/b3-2-/t11-/m0/s1. The zero-order chi connectivity index (χ0) is 14.4. The van der Waals surface area contributed by atoms with E-state index in [4.69, 9.17) is 4.74 Å². The fourth-order valence-electron chi connectivity index (χ4n) is 1.92. The number of amides is 2. The Morgan fingerprint density at radius 1 is 1.45 bits per heavy atom. The molecule has 0 saturated carbocycles. The molecule has 1 atom stereocenters. The van der Waals surface area contributed by atoms with Gasteiger partial charge in [-0.1, -0.05) is 0 Å². The molecule has 20 heavy (non-hydrogen) atoms. The van der Waals surface area contributed by atoms with Crippen molar-refractivity contribution in [2.75, 3.05) is 26.3 Å². The molecule has 1 aliphatic heterocycles. The van der Waals surface area contributed by atoms with Crippen molar-refractivity contribution in [2.24, 2.45) is 0 Å². The van der Waals surface area contributed by atoms with Crippen molar-refractivity contribution >= 4 is 29.2 Å². The van der Waals surface area contributed by atoms with Gasteiger partial charge in [0.05, 0.1) is 13.2 Å². The molecule has 6 heteroatoms. The average molecular weight is 294 g/mol. The summed E-state index contributed by atoms with van der Waals surface area (Å²) in [5.74, 6) is -0.323. The SMILES string of the molecule is C[C@H](NC(=O)/C=C\c1ccsc1)C(=O)N1CCOCC1. The molecule has 1 N–H and O–H groups in total. The van der Waals surface area contributed by atoms with Crippen LogP contribution in [0, 0.1) is 0 Å². The van der Waals surface area contributed by atoms with Gasteiger partial charge in [-0.3, -0.25) is 9.59 Å². The number of nitrogens with zero attached hydrogens (tertiary/aromatic N) is 1. The summed E-state index contributed by atoms with van der Waals surface area (Å²) in [6.45, 7) is 4.00. The molecule has 0 radical (unpaired) electrons. The summed E-state index contributed by atoms with van der Waals surface area (Å²) >= 11 is 1.57. The lowest BCUT2D eigenvalue weighted by Crippen LogP contribution is -2.50. The van der Waals surface area contributed by atoms with Crippen molar-refractivity contribution in [3.05, 3.63) is 28.5 Å². The molecule has 108 valence electrons. The highest BCUT2D eigenvalue weighted by Gasteiger charge is 2.22. The molecule has 0 aromatic carbocycles. The number of rotatable bonds is 4. The Labute approximate surface area is 122 Å². The number of hydrogen-bond acceptors (Lipinski definition) is 4. The van der Waals surface area contributed by atoms with Crippen LogP contribution in [0.25, 0.3) is 6.08 Å². The maximum atomic E-state index is 12.1. The molecule has 0 aliphatic carbocycles. The first-order chi connectivity index (χ1) is 9.66. The Morgan fingerprint density at radius 3 is 2.85 bits per heavy atom. The Balaban J connectivity index is 1.82. The van der Waals surface area contributed by atoms with Crippen LogP contribution in [0.1, 0.15) is 12.5 Å². The van der Waals surface area contributed by atoms with Crippen molar-refractivity contribution in [1.82, 2.24) is 10.2 Å². The molecular weight excluding hydrogens is 276 g/mol. The highest BCUT2D eigenvalue weighted by molar-refractivity contribution is 7.08. The van der Waals surface area contributed by atoms with E-state index in [0.29, 0.717) is 26.3 Å². The number of morpholine rings is 1. The van der Waals surface area contributed by atoms with Crippen molar-refractivity contribution in [2.45, 2.75) is 13.0 Å². The first-order valence-corrected chi connectivity index (χ1v) is 7.48. The lowest BCUT2D eigenvalue weighted by Gasteiger charge is -2.29. The van der Waals surface area contributed by atoms with E-state index in [2.05, 4.69) is 5.32 Å². The van der Waals surface area contributed by atoms with E-state index in [-0.39, 0.29) is 11.8 Å². The molecule has 2 rings (SSSR count). The second-order valence-corrected chi connectivity index (χ2v) is 5.34. The molecule has 5 nitrogen and oxygen atoms in total. The predicted molar refractivity (Wildman–Crippen MR) is 78.4 cm³/mol. The number of ether oxygens (including phenoxy) is 1. The zero-order valence-corrected chi connectivity index (χ0v) is 12.2. The molecule has 0 unspecified atom stereocenters. The minimum Gasteiger partial charge on any atom is -0.378 e. The lowest BCUT2D eigenvalue weighted by atomic mass is 10.2. The van der Waals surface area contributed by atoms with E-state index >= 15 is 0 Å². The van der Waals surface area contributed by atoms with Gasteiger partial charge in [-0.15, -0.1) is 0 Å². The van der Waals surface area contributed by atoms with E-state index in [1.807, 2.05) is 16.8 Å². The highest BCUT2D eigenvalue weighted by atomic mass is 32.1. The van der Waals surface area contributed by atoms with Gasteiger partial charge >= 0.3 is 0 Å². The minimum absolute atomic E-state index is 0.0643. The topological polar surface area (TPSA) is 58.6 Å². The van der Waals surface area contributed by atoms with Crippen LogP contribution in [-0.4, -0.2) is 49.1 Å². The first kappa shape index (κ1) is 14.7. The maximum absolute atomic E-state index is 12.1. The van der Waals surface area contributed by atoms with E-state index in [1.54, 1.807) is 29.2 Å². The molecule has 0 bridgehead atoms. The van der Waals surface area contributed by atoms with Gasteiger partial charge in [0.1, 0.15) is 6.04 Å². The second-order valence-electron chi connectivity index (χ2n) is 4.56. The summed E-state index contributed by atoms with van der Waals surface area (Å²) < 4.78 is 5.20. The van der Waals surface area contributed by atoms with Crippen LogP contribution in [0.15, 0.2) is 22.9 Å². The monoisotopic (exact) mass is 294 g/mol. The van der Waals surface area contributed by atoms with E-state index in [9.17, 15) is 9.59 Å². The summed E-state index contributed by atoms with van der Waals surface area (Å²) in [7, 11) is 0. The third-order valence-corrected chi connectivity index (χ3v) is 3.72. The largest absolute Gasteiger partial charge is 0.378 e. The summed E-state index contributed by atoms with van der Waals surface area (Å²) in [4.78, 5) is 25.6. The predicted octanol–water partition coefficient (Wildman–Crippen LogP) is 1.12. The van der Waals surface area contributed by atoms with Gasteiger partial charge in [0, 0.05) is 19.2 Å². The van der Waals surface area contributed by atoms with Crippen molar-refractivity contribution < 1.29 is 14.3 Å². The van der Waals surface area contributed by atoms with Crippen molar-refractivity contribution in [3.63, 3.8) is 0 Å². The fraction of sp³-hybridized carbons (Fsp3) is 0.429. The van der Waals surface area contributed by atoms with E-state index < -0.39 is 6.04 Å². The first-order valence-electron chi connectivity index (χ1n) is 6.54. The van der Waals surface area contributed by atoms with Crippen LogP contribution < -0.4 is 5.32 Å².